The van der Waals surface area contributed by atoms with Crippen LogP contribution in [0.1, 0.15) is 44.4 Å². The van der Waals surface area contributed by atoms with E-state index in [1.165, 1.54) is 5.56 Å². The van der Waals surface area contributed by atoms with Crippen molar-refractivity contribution in [3.05, 3.63) is 75.7 Å². The van der Waals surface area contributed by atoms with Gasteiger partial charge in [0.2, 0.25) is 0 Å². The molecule has 3 rings (SSSR count). The molecule has 2 N–H and O–H groups in total. The fourth-order valence-corrected chi connectivity index (χ4v) is 3.20. The molecule has 0 spiro atoms. The molecule has 0 radical (unpaired) electrons. The van der Waals surface area contributed by atoms with Crippen LogP contribution in [0, 0.1) is 6.07 Å². The van der Waals surface area contributed by atoms with E-state index >= 15 is 0 Å². The summed E-state index contributed by atoms with van der Waals surface area (Å²) in [5.41, 5.74) is 2.27. The molecule has 31 heavy (non-hydrogen) atoms. The van der Waals surface area contributed by atoms with Gasteiger partial charge in [0.05, 0.1) is 13.2 Å². The van der Waals surface area contributed by atoms with Gasteiger partial charge in [-0.15, -0.1) is 11.3 Å². The first-order valence-electron chi connectivity index (χ1n) is 9.22. The van der Waals surface area contributed by atoms with Gasteiger partial charge in [-0.05, 0) is 32.4 Å². The first kappa shape index (κ1) is 26.4. The predicted molar refractivity (Wildman–Crippen MR) is 112 cm³/mol. The molecule has 0 unspecified atom stereocenters. The number of nitrogens with zero attached hydrogens (tertiary/aromatic N) is 1. The summed E-state index contributed by atoms with van der Waals surface area (Å²) in [5, 5.41) is 19.0. The van der Waals surface area contributed by atoms with Crippen LogP contribution < -0.4 is 0 Å². The largest absolute Gasteiger partial charge is 1.00 e. The van der Waals surface area contributed by atoms with Gasteiger partial charge < -0.3 is 19.7 Å². The second-order valence-electron chi connectivity index (χ2n) is 5.78. The summed E-state index contributed by atoms with van der Waals surface area (Å²) in [6.45, 7) is 3.47. The molecule has 9 heteroatoms. The Balaban J connectivity index is 0.000000309. The fraction of sp³-hybridized carbons (Fsp3) is 0.227. The topological polar surface area (TPSA) is 106 Å². The Labute approximate surface area is 200 Å². The van der Waals surface area contributed by atoms with E-state index < -0.39 is 23.4 Å². The van der Waals surface area contributed by atoms with Crippen molar-refractivity contribution in [2.24, 2.45) is 0 Å². The molecule has 1 aromatic carbocycles. The van der Waals surface area contributed by atoms with Crippen LogP contribution >= 0.6 is 11.3 Å². The molecule has 0 saturated carbocycles. The number of ether oxygens (including phenoxy) is 2. The number of rotatable bonds is 6. The maximum absolute atomic E-state index is 11.4. The van der Waals surface area contributed by atoms with Crippen LogP contribution in [0.5, 0.6) is 11.5 Å². The number of pyridine rings is 1. The van der Waals surface area contributed by atoms with E-state index in [0.717, 1.165) is 12.1 Å². The van der Waals surface area contributed by atoms with E-state index in [4.69, 9.17) is 0 Å². The van der Waals surface area contributed by atoms with Gasteiger partial charge in [0, 0.05) is 11.9 Å². The average Bonchev–Trinajstić information content (AvgIpc) is 3.05. The number of thiophene rings is 1. The minimum absolute atomic E-state index is 0. The molecule has 3 aromatic rings. The van der Waals surface area contributed by atoms with Crippen LogP contribution in [0.3, 0.4) is 0 Å². The van der Waals surface area contributed by atoms with Crippen molar-refractivity contribution in [2.45, 2.75) is 20.3 Å². The summed E-state index contributed by atoms with van der Waals surface area (Å²) in [7, 11) is 0. The fourth-order valence-electron chi connectivity index (χ4n) is 2.32. The zero-order chi connectivity index (χ0) is 21.9. The molecule has 168 valence electrons. The van der Waals surface area contributed by atoms with Crippen LogP contribution in [-0.4, -0.2) is 40.3 Å². The Morgan fingerprint density at radius 1 is 0.968 bits per heavy atom. The third-order valence-electron chi connectivity index (χ3n) is 3.65. The van der Waals surface area contributed by atoms with Crippen molar-refractivity contribution in [3.8, 4) is 11.5 Å². The van der Waals surface area contributed by atoms with Crippen LogP contribution in [0.2, 0.25) is 0 Å². The third kappa shape index (κ3) is 7.84. The second kappa shape index (κ2) is 13.6. The molecule has 0 saturated heterocycles. The van der Waals surface area contributed by atoms with Gasteiger partial charge in [0.15, 0.2) is 21.3 Å². The van der Waals surface area contributed by atoms with E-state index in [1.54, 1.807) is 13.8 Å². The van der Waals surface area contributed by atoms with Crippen molar-refractivity contribution in [1.29, 1.82) is 0 Å². The van der Waals surface area contributed by atoms with Gasteiger partial charge in [-0.2, -0.15) is 35.9 Å². The Kier molecular flexibility index (Phi) is 11.6. The average molecular weight is 625 g/mol. The summed E-state index contributed by atoms with van der Waals surface area (Å²) in [5.74, 6) is -2.89. The molecular formula is C22H22AuNO6S. The molecule has 0 aliphatic heterocycles. The quantitative estimate of drug-likeness (QED) is 0.243. The number of carbonyl (C=O) groups excluding carboxylic acids is 2. The second-order valence-corrected chi connectivity index (χ2v) is 6.80. The number of esters is 2. The van der Waals surface area contributed by atoms with Crippen molar-refractivity contribution in [2.75, 3.05) is 13.2 Å². The van der Waals surface area contributed by atoms with E-state index in [1.807, 2.05) is 42.6 Å². The minimum atomic E-state index is -0.791. The molecule has 0 amide bonds. The molecule has 0 bridgehead atoms. The SMILES string of the molecule is CCOC(=O)c1sc(C(=O)OCC)c(O)c1O.[Au+].[c-]1ccccc1Cc1ccccn1. The Hall–Kier alpha value is -2.65. The monoisotopic (exact) mass is 625 g/mol. The minimum Gasteiger partial charge on any atom is -0.503 e. The maximum Gasteiger partial charge on any atom is 1.00 e. The van der Waals surface area contributed by atoms with Crippen molar-refractivity contribution in [3.63, 3.8) is 0 Å². The van der Waals surface area contributed by atoms with Gasteiger partial charge in [0.25, 0.3) is 0 Å². The molecular weight excluding hydrogens is 603 g/mol. The molecule has 0 fully saturated rings. The molecule has 2 heterocycles. The van der Waals surface area contributed by atoms with Crippen molar-refractivity contribution < 1.29 is 51.7 Å². The van der Waals surface area contributed by atoms with Gasteiger partial charge in [-0.3, -0.25) is 4.98 Å². The van der Waals surface area contributed by atoms with Gasteiger partial charge in [-0.1, -0.05) is 6.07 Å². The first-order valence-corrected chi connectivity index (χ1v) is 10.0. The summed E-state index contributed by atoms with van der Waals surface area (Å²) in [6.07, 6.45) is 2.68. The number of benzene rings is 1. The molecule has 2 aromatic heterocycles. The Morgan fingerprint density at radius 2 is 1.55 bits per heavy atom. The normalized spacial score (nSPS) is 9.61. The standard InChI is InChI=1S/C12H10N.C10H12O6S.Au/c1-2-6-11(7-3-1)10-12-8-4-5-9-13-12;1-3-15-9(13)7-5(11)6(12)8(17-7)10(14)16-4-2;/h1-6,8-9H,10H2;11-12H,3-4H2,1-2H3;/q-1;;+1. The van der Waals surface area contributed by atoms with Crippen molar-refractivity contribution in [1.82, 2.24) is 4.98 Å². The number of hydrogen-bond donors (Lipinski definition) is 2. The summed E-state index contributed by atoms with van der Waals surface area (Å²) in [4.78, 5) is 26.6. The van der Waals surface area contributed by atoms with Gasteiger partial charge in [0.1, 0.15) is 0 Å². The Bertz CT molecular complexity index is 887. The molecule has 0 atom stereocenters. The smallest absolute Gasteiger partial charge is 0.503 e. The van der Waals surface area contributed by atoms with E-state index in [-0.39, 0.29) is 45.3 Å². The molecule has 0 aliphatic carbocycles. The number of carbonyl (C=O) groups is 2. The Morgan fingerprint density at radius 3 is 2.00 bits per heavy atom. The summed E-state index contributed by atoms with van der Waals surface area (Å²) < 4.78 is 9.33. The van der Waals surface area contributed by atoms with Crippen LogP contribution in [0.15, 0.2) is 48.7 Å². The maximum atomic E-state index is 11.4. The third-order valence-corrected chi connectivity index (χ3v) is 4.78. The van der Waals surface area contributed by atoms with Gasteiger partial charge in [-0.25, -0.2) is 9.59 Å². The number of hydrogen-bond acceptors (Lipinski definition) is 8. The van der Waals surface area contributed by atoms with Crippen LogP contribution in [0.4, 0.5) is 0 Å². The van der Waals surface area contributed by atoms with E-state index in [9.17, 15) is 19.8 Å². The van der Waals surface area contributed by atoms with E-state index in [2.05, 4.69) is 26.6 Å². The van der Waals surface area contributed by atoms with E-state index in [0.29, 0.717) is 11.3 Å². The summed E-state index contributed by atoms with van der Waals surface area (Å²) in [6, 6.07) is 17.1. The number of aromatic nitrogens is 1. The molecule has 7 nitrogen and oxygen atoms in total. The summed E-state index contributed by atoms with van der Waals surface area (Å²) >= 11 is 0.633. The first-order chi connectivity index (χ1) is 14.5. The van der Waals surface area contributed by atoms with Crippen molar-refractivity contribution >= 4 is 23.3 Å². The predicted octanol–water partition coefficient (Wildman–Crippen LogP) is 3.98. The van der Waals surface area contributed by atoms with Crippen LogP contribution in [0.25, 0.3) is 0 Å². The zero-order valence-electron chi connectivity index (χ0n) is 16.9. The zero-order valence-corrected chi connectivity index (χ0v) is 19.9. The molecule has 0 aliphatic rings. The van der Waals surface area contributed by atoms with Gasteiger partial charge >= 0.3 is 34.3 Å². The van der Waals surface area contributed by atoms with Crippen LogP contribution in [-0.2, 0) is 38.3 Å². The number of aromatic hydroxyl groups is 2.